The number of hydrogen-bond donors (Lipinski definition) is 1. The van der Waals surface area contributed by atoms with Crippen molar-refractivity contribution < 1.29 is 0 Å². The van der Waals surface area contributed by atoms with Gasteiger partial charge in [0.1, 0.15) is 0 Å². The van der Waals surface area contributed by atoms with Crippen molar-refractivity contribution in [2.75, 3.05) is 6.54 Å². The lowest BCUT2D eigenvalue weighted by molar-refractivity contribution is 0.376. The zero-order chi connectivity index (χ0) is 6.85. The SMILES string of the molecule is CC(C)N1CCCC1=N. The van der Waals surface area contributed by atoms with Gasteiger partial charge in [-0.05, 0) is 20.3 Å². The molecule has 1 N–H and O–H groups in total. The molecule has 1 saturated heterocycles. The van der Waals surface area contributed by atoms with Crippen LogP contribution in [-0.2, 0) is 0 Å². The van der Waals surface area contributed by atoms with Crippen LogP contribution in [0, 0.1) is 5.41 Å². The van der Waals surface area contributed by atoms with Gasteiger partial charge in [-0.3, -0.25) is 5.41 Å². The average molecular weight is 126 g/mol. The minimum atomic E-state index is 0.528. The van der Waals surface area contributed by atoms with E-state index < -0.39 is 0 Å². The second-order valence-electron chi connectivity index (χ2n) is 2.84. The van der Waals surface area contributed by atoms with Gasteiger partial charge in [0.15, 0.2) is 0 Å². The summed E-state index contributed by atoms with van der Waals surface area (Å²) >= 11 is 0. The van der Waals surface area contributed by atoms with Gasteiger partial charge in [0, 0.05) is 19.0 Å². The summed E-state index contributed by atoms with van der Waals surface area (Å²) in [4.78, 5) is 2.15. The maximum atomic E-state index is 7.46. The van der Waals surface area contributed by atoms with Crippen LogP contribution in [0.5, 0.6) is 0 Å². The van der Waals surface area contributed by atoms with Crippen molar-refractivity contribution in [1.29, 1.82) is 5.41 Å². The molecule has 1 rings (SSSR count). The lowest BCUT2D eigenvalue weighted by atomic mass is 10.3. The van der Waals surface area contributed by atoms with E-state index in [1.54, 1.807) is 0 Å². The smallest absolute Gasteiger partial charge is 0.0960 e. The molecule has 1 aliphatic rings. The van der Waals surface area contributed by atoms with Crippen molar-refractivity contribution in [1.82, 2.24) is 4.90 Å². The number of nitrogens with one attached hydrogen (secondary N) is 1. The van der Waals surface area contributed by atoms with E-state index in [1.807, 2.05) is 0 Å². The Morgan fingerprint density at radius 3 is 2.44 bits per heavy atom. The molecule has 1 fully saturated rings. The minimum absolute atomic E-state index is 0.528. The van der Waals surface area contributed by atoms with Crippen molar-refractivity contribution in [2.24, 2.45) is 0 Å². The van der Waals surface area contributed by atoms with Crippen LogP contribution in [0.4, 0.5) is 0 Å². The average Bonchev–Trinajstić information content (AvgIpc) is 2.13. The zero-order valence-corrected chi connectivity index (χ0v) is 6.15. The van der Waals surface area contributed by atoms with Crippen LogP contribution < -0.4 is 0 Å². The zero-order valence-electron chi connectivity index (χ0n) is 6.15. The fraction of sp³-hybridized carbons (Fsp3) is 0.857. The van der Waals surface area contributed by atoms with Crippen molar-refractivity contribution in [3.8, 4) is 0 Å². The summed E-state index contributed by atoms with van der Waals surface area (Å²) in [6.45, 7) is 5.37. The van der Waals surface area contributed by atoms with Crippen LogP contribution in [0.1, 0.15) is 26.7 Å². The van der Waals surface area contributed by atoms with Crippen LogP contribution in [0.25, 0.3) is 0 Å². The van der Waals surface area contributed by atoms with Crippen molar-refractivity contribution in [3.63, 3.8) is 0 Å². The Balaban J connectivity index is 2.49. The van der Waals surface area contributed by atoms with Crippen LogP contribution >= 0.6 is 0 Å². The Morgan fingerprint density at radius 2 is 2.22 bits per heavy atom. The summed E-state index contributed by atoms with van der Waals surface area (Å²) in [7, 11) is 0. The molecule has 0 spiro atoms. The van der Waals surface area contributed by atoms with Gasteiger partial charge in [0.25, 0.3) is 0 Å². The molecule has 0 bridgehead atoms. The van der Waals surface area contributed by atoms with Gasteiger partial charge in [-0.1, -0.05) is 0 Å². The molecule has 0 atom stereocenters. The van der Waals surface area contributed by atoms with Gasteiger partial charge in [-0.25, -0.2) is 0 Å². The normalized spacial score (nSPS) is 19.9. The van der Waals surface area contributed by atoms with Gasteiger partial charge in [0.05, 0.1) is 5.84 Å². The topological polar surface area (TPSA) is 27.1 Å². The van der Waals surface area contributed by atoms with E-state index >= 15 is 0 Å². The molecule has 0 unspecified atom stereocenters. The predicted molar refractivity (Wildman–Crippen MR) is 38.8 cm³/mol. The second kappa shape index (κ2) is 2.38. The lowest BCUT2D eigenvalue weighted by Crippen LogP contribution is -2.30. The van der Waals surface area contributed by atoms with Gasteiger partial charge < -0.3 is 4.90 Å². The Labute approximate surface area is 56.4 Å². The third-order valence-electron chi connectivity index (χ3n) is 1.78. The molecule has 1 heterocycles. The summed E-state index contributed by atoms with van der Waals surface area (Å²) in [5.41, 5.74) is 0. The Kier molecular flexibility index (Phi) is 1.74. The first kappa shape index (κ1) is 6.59. The van der Waals surface area contributed by atoms with E-state index in [0.717, 1.165) is 18.8 Å². The van der Waals surface area contributed by atoms with E-state index in [9.17, 15) is 0 Å². The van der Waals surface area contributed by atoms with Gasteiger partial charge >= 0.3 is 0 Å². The molecule has 0 saturated carbocycles. The Bertz CT molecular complexity index is 118. The first-order valence-corrected chi connectivity index (χ1v) is 3.56. The minimum Gasteiger partial charge on any atom is -0.358 e. The van der Waals surface area contributed by atoms with Gasteiger partial charge in [-0.2, -0.15) is 0 Å². The van der Waals surface area contributed by atoms with Crippen molar-refractivity contribution >= 4 is 5.84 Å². The summed E-state index contributed by atoms with van der Waals surface area (Å²) in [5.74, 6) is 0.824. The Morgan fingerprint density at radius 1 is 1.56 bits per heavy atom. The van der Waals surface area contributed by atoms with E-state index in [1.165, 1.54) is 6.42 Å². The fourth-order valence-corrected chi connectivity index (χ4v) is 1.27. The van der Waals surface area contributed by atoms with Crippen LogP contribution in [0.3, 0.4) is 0 Å². The van der Waals surface area contributed by atoms with Crippen molar-refractivity contribution in [3.05, 3.63) is 0 Å². The van der Waals surface area contributed by atoms with E-state index in [4.69, 9.17) is 5.41 Å². The van der Waals surface area contributed by atoms with Gasteiger partial charge in [0.2, 0.25) is 0 Å². The highest BCUT2D eigenvalue weighted by Gasteiger charge is 2.18. The Hall–Kier alpha value is -0.530. The predicted octanol–water partition coefficient (Wildman–Crippen LogP) is 1.47. The number of amidine groups is 1. The molecule has 52 valence electrons. The summed E-state index contributed by atoms with van der Waals surface area (Å²) in [6.07, 6.45) is 2.16. The second-order valence-corrected chi connectivity index (χ2v) is 2.84. The highest BCUT2D eigenvalue weighted by molar-refractivity contribution is 5.81. The first-order valence-electron chi connectivity index (χ1n) is 3.56. The number of rotatable bonds is 1. The largest absolute Gasteiger partial charge is 0.358 e. The molecule has 0 aromatic carbocycles. The molecule has 0 amide bonds. The monoisotopic (exact) mass is 126 g/mol. The quantitative estimate of drug-likeness (QED) is 0.566. The highest BCUT2D eigenvalue weighted by atomic mass is 15.2. The molecule has 2 nitrogen and oxygen atoms in total. The number of nitrogens with zero attached hydrogens (tertiary/aromatic N) is 1. The van der Waals surface area contributed by atoms with Crippen LogP contribution in [-0.4, -0.2) is 23.3 Å². The fourth-order valence-electron chi connectivity index (χ4n) is 1.27. The molecule has 0 aromatic rings. The third kappa shape index (κ3) is 1.23. The van der Waals surface area contributed by atoms with E-state index in [0.29, 0.717) is 6.04 Å². The molecule has 0 aliphatic carbocycles. The lowest BCUT2D eigenvalue weighted by Gasteiger charge is -2.21. The standard InChI is InChI=1S/C7H14N2/c1-6(2)9-5-3-4-7(9)8/h6,8H,3-5H2,1-2H3. The van der Waals surface area contributed by atoms with Crippen molar-refractivity contribution in [2.45, 2.75) is 32.7 Å². The van der Waals surface area contributed by atoms with Crippen LogP contribution in [0.15, 0.2) is 0 Å². The highest BCUT2D eigenvalue weighted by Crippen LogP contribution is 2.12. The maximum Gasteiger partial charge on any atom is 0.0960 e. The third-order valence-corrected chi connectivity index (χ3v) is 1.78. The maximum absolute atomic E-state index is 7.46. The van der Waals surface area contributed by atoms with Crippen LogP contribution in [0.2, 0.25) is 0 Å². The first-order chi connectivity index (χ1) is 4.22. The molecule has 2 heteroatoms. The molecular weight excluding hydrogens is 112 g/mol. The summed E-state index contributed by atoms with van der Waals surface area (Å²) in [6, 6.07) is 0.528. The number of likely N-dealkylation sites (tertiary alicyclic amines) is 1. The summed E-state index contributed by atoms with van der Waals surface area (Å²) < 4.78 is 0. The van der Waals surface area contributed by atoms with E-state index in [-0.39, 0.29) is 0 Å². The van der Waals surface area contributed by atoms with E-state index in [2.05, 4.69) is 18.7 Å². The molecule has 0 radical (unpaired) electrons. The molecule has 0 aromatic heterocycles. The molecule has 1 aliphatic heterocycles. The molecule has 9 heavy (non-hydrogen) atoms. The molecular formula is C7H14N2. The number of hydrogen-bond acceptors (Lipinski definition) is 1. The van der Waals surface area contributed by atoms with Gasteiger partial charge in [-0.15, -0.1) is 0 Å². The summed E-state index contributed by atoms with van der Waals surface area (Å²) in [5, 5.41) is 7.46.